The minimum atomic E-state index is -0.794. The fourth-order valence-electron chi connectivity index (χ4n) is 2.26. The van der Waals surface area contributed by atoms with E-state index < -0.39 is 5.60 Å². The van der Waals surface area contributed by atoms with E-state index >= 15 is 0 Å². The minimum absolute atomic E-state index is 0.110. The summed E-state index contributed by atoms with van der Waals surface area (Å²) < 4.78 is 0. The zero-order valence-electron chi connectivity index (χ0n) is 11.7. The van der Waals surface area contributed by atoms with E-state index in [2.05, 4.69) is 19.2 Å². The molecule has 19 heavy (non-hydrogen) atoms. The Labute approximate surface area is 113 Å². The molecule has 0 aliphatic rings. The SMILES string of the molecule is CC(C)CC(C)(O)CNCc1ccccc1[N+](=O)[O-]. The van der Waals surface area contributed by atoms with Crippen LogP contribution in [0.25, 0.3) is 0 Å². The van der Waals surface area contributed by atoms with Gasteiger partial charge in [0.25, 0.3) is 5.69 Å². The molecule has 0 heterocycles. The molecular weight excluding hydrogens is 244 g/mol. The average Bonchev–Trinajstić information content (AvgIpc) is 2.27. The first-order valence-corrected chi connectivity index (χ1v) is 6.47. The number of hydrogen-bond donors (Lipinski definition) is 2. The average molecular weight is 266 g/mol. The molecule has 5 heteroatoms. The van der Waals surface area contributed by atoms with Crippen LogP contribution < -0.4 is 5.32 Å². The third kappa shape index (κ3) is 5.36. The number of nitro benzene ring substituents is 1. The van der Waals surface area contributed by atoms with Gasteiger partial charge in [-0.05, 0) is 19.3 Å². The van der Waals surface area contributed by atoms with Gasteiger partial charge in [0.15, 0.2) is 0 Å². The first-order chi connectivity index (χ1) is 8.82. The molecule has 0 fully saturated rings. The van der Waals surface area contributed by atoms with Crippen LogP contribution in [0.2, 0.25) is 0 Å². The number of nitro groups is 1. The highest BCUT2D eigenvalue weighted by Crippen LogP contribution is 2.18. The number of nitrogens with zero attached hydrogens (tertiary/aromatic N) is 1. The van der Waals surface area contributed by atoms with Crippen molar-refractivity contribution in [2.24, 2.45) is 5.92 Å². The Balaban J connectivity index is 2.56. The molecule has 1 aromatic carbocycles. The smallest absolute Gasteiger partial charge is 0.273 e. The van der Waals surface area contributed by atoms with Gasteiger partial charge in [0.05, 0.1) is 10.5 Å². The van der Waals surface area contributed by atoms with Gasteiger partial charge in [-0.3, -0.25) is 10.1 Å². The third-order valence-corrected chi connectivity index (χ3v) is 2.86. The van der Waals surface area contributed by atoms with E-state index in [1.807, 2.05) is 0 Å². The molecule has 5 nitrogen and oxygen atoms in total. The largest absolute Gasteiger partial charge is 0.389 e. The van der Waals surface area contributed by atoms with Crippen molar-refractivity contribution in [3.63, 3.8) is 0 Å². The molecule has 0 bridgehead atoms. The van der Waals surface area contributed by atoms with E-state index in [1.165, 1.54) is 6.07 Å². The van der Waals surface area contributed by atoms with Gasteiger partial charge in [0.2, 0.25) is 0 Å². The van der Waals surface area contributed by atoms with E-state index in [1.54, 1.807) is 25.1 Å². The molecule has 0 saturated carbocycles. The van der Waals surface area contributed by atoms with Crippen molar-refractivity contribution in [3.8, 4) is 0 Å². The van der Waals surface area contributed by atoms with Crippen LogP contribution in [0.15, 0.2) is 24.3 Å². The lowest BCUT2D eigenvalue weighted by Gasteiger charge is -2.25. The van der Waals surface area contributed by atoms with Crippen LogP contribution in [0.4, 0.5) is 5.69 Å². The molecule has 1 atom stereocenters. The summed E-state index contributed by atoms with van der Waals surface area (Å²) in [4.78, 5) is 10.5. The molecular formula is C14H22N2O3. The van der Waals surface area contributed by atoms with Crippen LogP contribution in [0.3, 0.4) is 0 Å². The van der Waals surface area contributed by atoms with Crippen molar-refractivity contribution < 1.29 is 10.0 Å². The number of rotatable bonds is 7. The Morgan fingerprint density at radius 3 is 2.63 bits per heavy atom. The summed E-state index contributed by atoms with van der Waals surface area (Å²) >= 11 is 0. The molecule has 0 aliphatic heterocycles. The number of benzene rings is 1. The van der Waals surface area contributed by atoms with Crippen LogP contribution in [-0.4, -0.2) is 22.2 Å². The monoisotopic (exact) mass is 266 g/mol. The Kier molecular flexibility index (Phi) is 5.44. The maximum atomic E-state index is 10.9. The molecule has 1 unspecified atom stereocenters. The lowest BCUT2D eigenvalue weighted by molar-refractivity contribution is -0.385. The summed E-state index contributed by atoms with van der Waals surface area (Å²) in [5.41, 5.74) is -0.0519. The second-order valence-corrected chi connectivity index (χ2v) is 5.58. The number of para-hydroxylation sites is 1. The Morgan fingerprint density at radius 1 is 1.42 bits per heavy atom. The first-order valence-electron chi connectivity index (χ1n) is 6.47. The zero-order chi connectivity index (χ0) is 14.5. The lowest BCUT2D eigenvalue weighted by Crippen LogP contribution is -2.38. The predicted molar refractivity (Wildman–Crippen MR) is 74.9 cm³/mol. The van der Waals surface area contributed by atoms with Gasteiger partial charge in [-0.2, -0.15) is 0 Å². The molecule has 0 radical (unpaired) electrons. The van der Waals surface area contributed by atoms with Crippen LogP contribution in [0.5, 0.6) is 0 Å². The molecule has 0 saturated heterocycles. The maximum Gasteiger partial charge on any atom is 0.273 e. The van der Waals surface area contributed by atoms with E-state index in [4.69, 9.17) is 0 Å². The van der Waals surface area contributed by atoms with Crippen molar-refractivity contribution in [1.82, 2.24) is 5.32 Å². The summed E-state index contributed by atoms with van der Waals surface area (Å²) in [6.07, 6.45) is 0.691. The molecule has 0 amide bonds. The number of nitrogens with one attached hydrogen (secondary N) is 1. The summed E-state index contributed by atoms with van der Waals surface area (Å²) in [5.74, 6) is 0.405. The molecule has 0 aliphatic carbocycles. The van der Waals surface area contributed by atoms with Crippen LogP contribution >= 0.6 is 0 Å². The van der Waals surface area contributed by atoms with Crippen molar-refractivity contribution in [1.29, 1.82) is 0 Å². The lowest BCUT2D eigenvalue weighted by atomic mass is 9.94. The molecule has 0 spiro atoms. The second kappa shape index (κ2) is 6.63. The van der Waals surface area contributed by atoms with Gasteiger partial charge in [0.1, 0.15) is 0 Å². The standard InChI is InChI=1S/C14H22N2O3/c1-11(2)8-14(3,17)10-15-9-12-6-4-5-7-13(12)16(18)19/h4-7,11,15,17H,8-10H2,1-3H3. The molecule has 1 aromatic rings. The van der Waals surface area contributed by atoms with Crippen LogP contribution in [0, 0.1) is 16.0 Å². The topological polar surface area (TPSA) is 75.4 Å². The molecule has 2 N–H and O–H groups in total. The predicted octanol–water partition coefficient (Wildman–Crippen LogP) is 2.48. The Hall–Kier alpha value is -1.46. The third-order valence-electron chi connectivity index (χ3n) is 2.86. The number of hydrogen-bond acceptors (Lipinski definition) is 4. The zero-order valence-corrected chi connectivity index (χ0v) is 11.7. The Bertz CT molecular complexity index is 430. The molecule has 1 rings (SSSR count). The quantitative estimate of drug-likeness (QED) is 0.587. The van der Waals surface area contributed by atoms with Gasteiger partial charge < -0.3 is 10.4 Å². The summed E-state index contributed by atoms with van der Waals surface area (Å²) in [5, 5.41) is 24.1. The summed E-state index contributed by atoms with van der Waals surface area (Å²) in [7, 11) is 0. The Morgan fingerprint density at radius 2 is 2.05 bits per heavy atom. The first kappa shape index (κ1) is 15.6. The van der Waals surface area contributed by atoms with Crippen LogP contribution in [0.1, 0.15) is 32.8 Å². The highest BCUT2D eigenvalue weighted by Gasteiger charge is 2.21. The van der Waals surface area contributed by atoms with E-state index in [9.17, 15) is 15.2 Å². The summed E-state index contributed by atoms with van der Waals surface area (Å²) in [6.45, 7) is 6.68. The molecule has 0 aromatic heterocycles. The highest BCUT2D eigenvalue weighted by atomic mass is 16.6. The fraction of sp³-hybridized carbons (Fsp3) is 0.571. The minimum Gasteiger partial charge on any atom is -0.389 e. The van der Waals surface area contributed by atoms with Crippen LogP contribution in [-0.2, 0) is 6.54 Å². The number of aliphatic hydroxyl groups is 1. The highest BCUT2D eigenvalue weighted by molar-refractivity contribution is 5.39. The summed E-state index contributed by atoms with van der Waals surface area (Å²) in [6, 6.07) is 6.64. The van der Waals surface area contributed by atoms with E-state index in [-0.39, 0.29) is 10.6 Å². The van der Waals surface area contributed by atoms with Gasteiger partial charge in [-0.25, -0.2) is 0 Å². The van der Waals surface area contributed by atoms with Crippen molar-refractivity contribution >= 4 is 5.69 Å². The van der Waals surface area contributed by atoms with Gasteiger partial charge in [-0.15, -0.1) is 0 Å². The fourth-order valence-corrected chi connectivity index (χ4v) is 2.26. The van der Waals surface area contributed by atoms with E-state index in [0.29, 0.717) is 31.0 Å². The normalized spacial score (nSPS) is 14.4. The molecule has 106 valence electrons. The van der Waals surface area contributed by atoms with Gasteiger partial charge in [-0.1, -0.05) is 32.0 Å². The van der Waals surface area contributed by atoms with Crippen molar-refractivity contribution in [3.05, 3.63) is 39.9 Å². The van der Waals surface area contributed by atoms with Gasteiger partial charge in [0, 0.05) is 24.7 Å². The second-order valence-electron chi connectivity index (χ2n) is 5.58. The van der Waals surface area contributed by atoms with E-state index in [0.717, 1.165) is 0 Å². The van der Waals surface area contributed by atoms with Crippen molar-refractivity contribution in [2.45, 2.75) is 39.3 Å². The van der Waals surface area contributed by atoms with Crippen molar-refractivity contribution in [2.75, 3.05) is 6.54 Å². The maximum absolute atomic E-state index is 10.9. The van der Waals surface area contributed by atoms with Gasteiger partial charge >= 0.3 is 0 Å².